The molecule has 0 aliphatic carbocycles. The number of piperazine rings is 1. The van der Waals surface area contributed by atoms with Crippen LogP contribution in [0.5, 0.6) is 11.5 Å². The zero-order chi connectivity index (χ0) is 17.8. The minimum absolute atomic E-state index is 0.462. The predicted octanol–water partition coefficient (Wildman–Crippen LogP) is 2.48. The van der Waals surface area contributed by atoms with Gasteiger partial charge in [-0.1, -0.05) is 12.1 Å². The summed E-state index contributed by atoms with van der Waals surface area (Å²) in [7, 11) is 0. The molecule has 4 rings (SSSR count). The molecule has 6 nitrogen and oxygen atoms in total. The van der Waals surface area contributed by atoms with Crippen molar-refractivity contribution < 1.29 is 9.47 Å². The molecule has 0 amide bonds. The fraction of sp³-hybridized carbons (Fsp3) is 0.450. The molecule has 138 valence electrons. The Kier molecular flexibility index (Phi) is 5.11. The third-order valence-electron chi connectivity index (χ3n) is 5.07. The molecule has 0 bridgehead atoms. The number of fused-ring (bicyclic) bond motifs is 1. The molecule has 1 aromatic carbocycles. The number of hydrogen-bond acceptors (Lipinski definition) is 6. The van der Waals surface area contributed by atoms with Gasteiger partial charge in [0.1, 0.15) is 19.0 Å². The summed E-state index contributed by atoms with van der Waals surface area (Å²) in [4.78, 5) is 9.26. The summed E-state index contributed by atoms with van der Waals surface area (Å²) in [6, 6.07) is 12.6. The lowest BCUT2D eigenvalue weighted by atomic mass is 10.2. The van der Waals surface area contributed by atoms with Gasteiger partial charge in [-0.3, -0.25) is 4.90 Å². The van der Waals surface area contributed by atoms with Crippen molar-refractivity contribution >= 4 is 11.5 Å². The molecule has 1 atom stereocenters. The van der Waals surface area contributed by atoms with Crippen molar-refractivity contribution in [1.82, 2.24) is 9.88 Å². The molecule has 1 aromatic heterocycles. The maximum atomic E-state index is 5.87. The van der Waals surface area contributed by atoms with E-state index >= 15 is 0 Å². The summed E-state index contributed by atoms with van der Waals surface area (Å²) in [5.41, 5.74) is 1.15. The van der Waals surface area contributed by atoms with Crippen LogP contribution in [0.1, 0.15) is 6.92 Å². The Hall–Kier alpha value is -2.47. The number of anilines is 2. The van der Waals surface area contributed by atoms with Crippen molar-refractivity contribution in [2.45, 2.75) is 13.0 Å². The molecule has 0 radical (unpaired) electrons. The van der Waals surface area contributed by atoms with E-state index in [-0.39, 0.29) is 0 Å². The van der Waals surface area contributed by atoms with Crippen LogP contribution in [0.15, 0.2) is 42.6 Å². The minimum Gasteiger partial charge on any atom is -0.486 e. The van der Waals surface area contributed by atoms with Crippen LogP contribution in [0.4, 0.5) is 11.5 Å². The summed E-state index contributed by atoms with van der Waals surface area (Å²) in [5.74, 6) is 2.70. The smallest absolute Gasteiger partial charge is 0.184 e. The number of ether oxygens (including phenoxy) is 2. The van der Waals surface area contributed by atoms with E-state index in [9.17, 15) is 0 Å². The molecule has 26 heavy (non-hydrogen) atoms. The normalized spacial score (nSPS) is 18.4. The first kappa shape index (κ1) is 17.0. The Morgan fingerprint density at radius 3 is 2.69 bits per heavy atom. The molecule has 1 unspecified atom stereocenters. The maximum absolute atomic E-state index is 5.87. The Labute approximate surface area is 154 Å². The van der Waals surface area contributed by atoms with Crippen molar-refractivity contribution in [1.29, 1.82) is 0 Å². The molecule has 2 aromatic rings. The van der Waals surface area contributed by atoms with Crippen LogP contribution in [-0.2, 0) is 0 Å². The number of pyridine rings is 1. The van der Waals surface area contributed by atoms with E-state index in [1.54, 1.807) is 0 Å². The van der Waals surface area contributed by atoms with Crippen molar-refractivity contribution in [2.75, 3.05) is 56.2 Å². The van der Waals surface area contributed by atoms with E-state index in [4.69, 9.17) is 9.47 Å². The summed E-state index contributed by atoms with van der Waals surface area (Å²) in [6.45, 7) is 8.49. The quantitative estimate of drug-likeness (QED) is 0.890. The molecule has 2 aliphatic rings. The molecule has 0 spiro atoms. The van der Waals surface area contributed by atoms with Crippen molar-refractivity contribution in [3.05, 3.63) is 42.6 Å². The Balaban J connectivity index is 1.33. The van der Waals surface area contributed by atoms with Gasteiger partial charge < -0.3 is 19.7 Å². The lowest BCUT2D eigenvalue weighted by Crippen LogP contribution is -2.51. The SMILES string of the molecule is CC(CNc1ccccn1)N1CCN(c2cccc3c2OCCO3)CC1. The van der Waals surface area contributed by atoms with Gasteiger partial charge in [-0.05, 0) is 31.2 Å². The van der Waals surface area contributed by atoms with Gasteiger partial charge in [0.05, 0.1) is 5.69 Å². The van der Waals surface area contributed by atoms with E-state index < -0.39 is 0 Å². The number of aromatic nitrogens is 1. The average Bonchev–Trinajstić information content (AvgIpc) is 2.72. The number of nitrogens with zero attached hydrogens (tertiary/aromatic N) is 3. The highest BCUT2D eigenvalue weighted by Crippen LogP contribution is 2.39. The van der Waals surface area contributed by atoms with Gasteiger partial charge in [-0.15, -0.1) is 0 Å². The van der Waals surface area contributed by atoms with Crippen LogP contribution in [0, 0.1) is 0 Å². The fourth-order valence-corrected chi connectivity index (χ4v) is 3.56. The van der Waals surface area contributed by atoms with Gasteiger partial charge in [-0.2, -0.15) is 0 Å². The number of rotatable bonds is 5. The highest BCUT2D eigenvalue weighted by atomic mass is 16.6. The highest BCUT2D eigenvalue weighted by molar-refractivity contribution is 5.65. The third-order valence-corrected chi connectivity index (χ3v) is 5.07. The van der Waals surface area contributed by atoms with Gasteiger partial charge in [0.2, 0.25) is 0 Å². The molecule has 6 heteroatoms. The van der Waals surface area contributed by atoms with E-state index in [2.05, 4.69) is 39.2 Å². The molecule has 1 N–H and O–H groups in total. The van der Waals surface area contributed by atoms with E-state index in [1.807, 2.05) is 30.5 Å². The topological polar surface area (TPSA) is 49.9 Å². The molecular weight excluding hydrogens is 328 g/mol. The lowest BCUT2D eigenvalue weighted by Gasteiger charge is -2.40. The second-order valence-corrected chi connectivity index (χ2v) is 6.77. The van der Waals surface area contributed by atoms with Crippen molar-refractivity contribution in [3.8, 4) is 11.5 Å². The van der Waals surface area contributed by atoms with Crippen LogP contribution in [0.2, 0.25) is 0 Å². The number of para-hydroxylation sites is 1. The molecule has 0 saturated carbocycles. The van der Waals surface area contributed by atoms with Crippen LogP contribution in [0.3, 0.4) is 0 Å². The number of nitrogens with one attached hydrogen (secondary N) is 1. The van der Waals surface area contributed by atoms with Gasteiger partial charge in [0.15, 0.2) is 11.5 Å². The van der Waals surface area contributed by atoms with E-state index in [0.717, 1.165) is 55.7 Å². The second kappa shape index (κ2) is 7.83. The Morgan fingerprint density at radius 2 is 1.88 bits per heavy atom. The van der Waals surface area contributed by atoms with Gasteiger partial charge in [0.25, 0.3) is 0 Å². The molecule has 1 fully saturated rings. The van der Waals surface area contributed by atoms with Gasteiger partial charge in [0, 0.05) is 45.0 Å². The second-order valence-electron chi connectivity index (χ2n) is 6.77. The van der Waals surface area contributed by atoms with Crippen LogP contribution >= 0.6 is 0 Å². The summed E-state index contributed by atoms with van der Waals surface area (Å²) in [6.07, 6.45) is 1.82. The Bertz CT molecular complexity index is 717. The van der Waals surface area contributed by atoms with Crippen LogP contribution < -0.4 is 19.7 Å². The molecule has 2 aliphatic heterocycles. The summed E-state index contributed by atoms with van der Waals surface area (Å²) >= 11 is 0. The largest absolute Gasteiger partial charge is 0.486 e. The molecule has 3 heterocycles. The first-order valence-electron chi connectivity index (χ1n) is 9.34. The minimum atomic E-state index is 0.462. The number of benzene rings is 1. The van der Waals surface area contributed by atoms with E-state index in [0.29, 0.717) is 19.3 Å². The monoisotopic (exact) mass is 354 g/mol. The van der Waals surface area contributed by atoms with Gasteiger partial charge in [-0.25, -0.2) is 4.98 Å². The van der Waals surface area contributed by atoms with Crippen LogP contribution in [-0.4, -0.2) is 61.9 Å². The average molecular weight is 354 g/mol. The standard InChI is InChI=1S/C20H26N4O2/c1-16(15-22-19-7-2-3-8-21-19)23-9-11-24(12-10-23)17-5-4-6-18-20(17)26-14-13-25-18/h2-8,16H,9-15H2,1H3,(H,21,22). The fourth-order valence-electron chi connectivity index (χ4n) is 3.56. The zero-order valence-electron chi connectivity index (χ0n) is 15.2. The number of hydrogen-bond donors (Lipinski definition) is 1. The van der Waals surface area contributed by atoms with Crippen LogP contribution in [0.25, 0.3) is 0 Å². The zero-order valence-corrected chi connectivity index (χ0v) is 15.2. The predicted molar refractivity (Wildman–Crippen MR) is 103 cm³/mol. The lowest BCUT2D eigenvalue weighted by molar-refractivity contribution is 0.170. The van der Waals surface area contributed by atoms with E-state index in [1.165, 1.54) is 0 Å². The first-order valence-corrected chi connectivity index (χ1v) is 9.34. The molecular formula is C20H26N4O2. The highest BCUT2D eigenvalue weighted by Gasteiger charge is 2.25. The van der Waals surface area contributed by atoms with Gasteiger partial charge >= 0.3 is 0 Å². The summed E-state index contributed by atoms with van der Waals surface area (Å²) < 4.78 is 11.6. The van der Waals surface area contributed by atoms with Crippen molar-refractivity contribution in [3.63, 3.8) is 0 Å². The maximum Gasteiger partial charge on any atom is 0.184 e. The Morgan fingerprint density at radius 1 is 1.04 bits per heavy atom. The first-order chi connectivity index (χ1) is 12.8. The molecule has 1 saturated heterocycles. The van der Waals surface area contributed by atoms with Crippen molar-refractivity contribution in [2.24, 2.45) is 0 Å². The third kappa shape index (κ3) is 3.70. The summed E-state index contributed by atoms with van der Waals surface area (Å²) in [5, 5.41) is 3.42.